The fourth-order valence-corrected chi connectivity index (χ4v) is 2.89. The van der Waals surface area contributed by atoms with E-state index in [2.05, 4.69) is 4.57 Å². The SMILES string of the molecule is COc1ccc2c(c1)c(C=C(C)[N+](=O)[O-])c1n2CCC1. The molecule has 1 aromatic carbocycles. The molecule has 0 radical (unpaired) electrons. The van der Waals surface area contributed by atoms with Crippen LogP contribution in [0, 0.1) is 10.1 Å². The van der Waals surface area contributed by atoms with Crippen LogP contribution >= 0.6 is 0 Å². The molecule has 0 fully saturated rings. The average molecular weight is 272 g/mol. The highest BCUT2D eigenvalue weighted by Gasteiger charge is 2.21. The molecule has 2 heterocycles. The third-order valence-corrected chi connectivity index (χ3v) is 3.86. The predicted octanol–water partition coefficient (Wildman–Crippen LogP) is 3.23. The van der Waals surface area contributed by atoms with Crippen LogP contribution in [0.25, 0.3) is 17.0 Å². The Hall–Kier alpha value is -2.30. The number of hydrogen-bond donors (Lipinski definition) is 0. The minimum absolute atomic E-state index is 0.162. The van der Waals surface area contributed by atoms with Crippen molar-refractivity contribution in [3.63, 3.8) is 0 Å². The molecule has 1 aliphatic rings. The van der Waals surface area contributed by atoms with Gasteiger partial charge in [-0.05, 0) is 31.0 Å². The number of rotatable bonds is 3. The van der Waals surface area contributed by atoms with Gasteiger partial charge in [0.05, 0.1) is 12.0 Å². The Bertz CT molecular complexity index is 728. The maximum atomic E-state index is 10.9. The smallest absolute Gasteiger partial charge is 0.243 e. The van der Waals surface area contributed by atoms with Crippen molar-refractivity contribution in [3.05, 3.63) is 45.3 Å². The molecule has 0 aliphatic carbocycles. The first-order chi connectivity index (χ1) is 9.61. The van der Waals surface area contributed by atoms with E-state index in [1.165, 1.54) is 12.6 Å². The molecule has 0 spiro atoms. The molecule has 0 amide bonds. The van der Waals surface area contributed by atoms with Gasteiger partial charge < -0.3 is 9.30 Å². The summed E-state index contributed by atoms with van der Waals surface area (Å²) in [5.74, 6) is 0.773. The van der Waals surface area contributed by atoms with Crippen LogP contribution < -0.4 is 4.74 Å². The van der Waals surface area contributed by atoms with Crippen molar-refractivity contribution in [2.45, 2.75) is 26.3 Å². The van der Waals surface area contributed by atoms with E-state index in [1.54, 1.807) is 13.2 Å². The van der Waals surface area contributed by atoms with E-state index in [0.717, 1.165) is 41.6 Å². The van der Waals surface area contributed by atoms with Crippen LogP contribution in [0.2, 0.25) is 0 Å². The first kappa shape index (κ1) is 12.7. The van der Waals surface area contributed by atoms with Crippen LogP contribution in [0.1, 0.15) is 24.6 Å². The second-order valence-electron chi connectivity index (χ2n) is 5.04. The van der Waals surface area contributed by atoms with Crippen molar-refractivity contribution in [1.29, 1.82) is 0 Å². The van der Waals surface area contributed by atoms with Gasteiger partial charge in [0.1, 0.15) is 5.75 Å². The summed E-state index contributed by atoms with van der Waals surface area (Å²) in [6, 6.07) is 5.92. The zero-order chi connectivity index (χ0) is 14.3. The Morgan fingerprint density at radius 3 is 3.00 bits per heavy atom. The van der Waals surface area contributed by atoms with Crippen molar-refractivity contribution in [1.82, 2.24) is 4.57 Å². The number of benzene rings is 1. The molecule has 0 saturated carbocycles. The lowest BCUT2D eigenvalue weighted by atomic mass is 10.1. The third-order valence-electron chi connectivity index (χ3n) is 3.86. The Balaban J connectivity index is 2.28. The van der Waals surface area contributed by atoms with Gasteiger partial charge in [0.25, 0.3) is 0 Å². The molecule has 20 heavy (non-hydrogen) atoms. The number of nitro groups is 1. The maximum Gasteiger partial charge on any atom is 0.243 e. The van der Waals surface area contributed by atoms with Crippen LogP contribution in [0.5, 0.6) is 5.75 Å². The van der Waals surface area contributed by atoms with Gasteiger partial charge in [-0.15, -0.1) is 0 Å². The van der Waals surface area contributed by atoms with Crippen LogP contribution in [-0.4, -0.2) is 16.6 Å². The molecule has 5 heteroatoms. The number of fused-ring (bicyclic) bond motifs is 3. The van der Waals surface area contributed by atoms with Gasteiger partial charge in [-0.1, -0.05) is 0 Å². The van der Waals surface area contributed by atoms with Crippen LogP contribution in [0.4, 0.5) is 0 Å². The van der Waals surface area contributed by atoms with Gasteiger partial charge in [0.15, 0.2) is 0 Å². The summed E-state index contributed by atoms with van der Waals surface area (Å²) in [6.45, 7) is 2.51. The van der Waals surface area contributed by atoms with Gasteiger partial charge in [-0.3, -0.25) is 10.1 Å². The van der Waals surface area contributed by atoms with E-state index < -0.39 is 0 Å². The summed E-state index contributed by atoms with van der Waals surface area (Å²) in [7, 11) is 1.63. The molecule has 5 nitrogen and oxygen atoms in total. The summed E-state index contributed by atoms with van der Waals surface area (Å²) in [6.07, 6.45) is 3.74. The molecule has 0 unspecified atom stereocenters. The average Bonchev–Trinajstić information content (AvgIpc) is 3.01. The zero-order valence-electron chi connectivity index (χ0n) is 11.5. The van der Waals surface area contributed by atoms with E-state index in [9.17, 15) is 10.1 Å². The van der Waals surface area contributed by atoms with E-state index in [0.29, 0.717) is 0 Å². The Labute approximate surface area is 116 Å². The molecule has 1 aromatic heterocycles. The number of aryl methyl sites for hydroxylation is 1. The standard InChI is InChI=1S/C15H16N2O3/c1-10(17(18)19)8-12-13-9-11(20-2)5-6-15(13)16-7-3-4-14(12)16/h5-6,8-9H,3-4,7H2,1-2H3. The van der Waals surface area contributed by atoms with Gasteiger partial charge in [0, 0.05) is 41.7 Å². The normalized spacial score (nSPS) is 14.6. The minimum atomic E-state index is -0.342. The summed E-state index contributed by atoms with van der Waals surface area (Å²) in [5, 5.41) is 11.9. The number of allylic oxidation sites excluding steroid dienone is 1. The zero-order valence-corrected chi connectivity index (χ0v) is 11.5. The molecule has 0 saturated heterocycles. The lowest BCUT2D eigenvalue weighted by molar-refractivity contribution is -0.422. The first-order valence-electron chi connectivity index (χ1n) is 6.63. The second-order valence-corrected chi connectivity index (χ2v) is 5.04. The predicted molar refractivity (Wildman–Crippen MR) is 77.5 cm³/mol. The van der Waals surface area contributed by atoms with Crippen molar-refractivity contribution >= 4 is 17.0 Å². The van der Waals surface area contributed by atoms with Crippen LogP contribution in [0.3, 0.4) is 0 Å². The lowest BCUT2D eigenvalue weighted by Gasteiger charge is -2.02. The Kier molecular flexibility index (Phi) is 2.97. The number of hydrogen-bond acceptors (Lipinski definition) is 3. The second kappa shape index (κ2) is 4.67. The Morgan fingerprint density at radius 2 is 2.30 bits per heavy atom. The highest BCUT2D eigenvalue weighted by atomic mass is 16.6. The summed E-state index contributed by atoms with van der Waals surface area (Å²) in [4.78, 5) is 10.5. The molecular formula is C15H16N2O3. The van der Waals surface area contributed by atoms with E-state index in [-0.39, 0.29) is 10.6 Å². The minimum Gasteiger partial charge on any atom is -0.497 e. The fourth-order valence-electron chi connectivity index (χ4n) is 2.89. The van der Waals surface area contributed by atoms with E-state index in [4.69, 9.17) is 4.74 Å². The Morgan fingerprint density at radius 1 is 1.50 bits per heavy atom. The van der Waals surface area contributed by atoms with Crippen molar-refractivity contribution < 1.29 is 9.66 Å². The number of aromatic nitrogens is 1. The molecule has 0 N–H and O–H groups in total. The molecule has 1 aliphatic heterocycles. The lowest BCUT2D eigenvalue weighted by Crippen LogP contribution is -1.94. The van der Waals surface area contributed by atoms with Crippen LogP contribution in [0.15, 0.2) is 23.9 Å². The summed E-state index contributed by atoms with van der Waals surface area (Å²) >= 11 is 0. The molecule has 2 aromatic rings. The van der Waals surface area contributed by atoms with E-state index in [1.807, 2.05) is 18.2 Å². The van der Waals surface area contributed by atoms with Gasteiger partial charge >= 0.3 is 0 Å². The molecular weight excluding hydrogens is 256 g/mol. The summed E-state index contributed by atoms with van der Waals surface area (Å²) < 4.78 is 7.52. The third kappa shape index (κ3) is 1.86. The number of ether oxygens (including phenoxy) is 1. The molecule has 0 bridgehead atoms. The van der Waals surface area contributed by atoms with E-state index >= 15 is 0 Å². The van der Waals surface area contributed by atoms with Crippen molar-refractivity contribution in [2.24, 2.45) is 0 Å². The van der Waals surface area contributed by atoms with Gasteiger partial charge in [-0.25, -0.2) is 0 Å². The fraction of sp³-hybridized carbons (Fsp3) is 0.333. The van der Waals surface area contributed by atoms with Crippen LogP contribution in [-0.2, 0) is 13.0 Å². The highest BCUT2D eigenvalue weighted by molar-refractivity contribution is 5.92. The quantitative estimate of drug-likeness (QED) is 0.636. The van der Waals surface area contributed by atoms with Gasteiger partial charge in [-0.2, -0.15) is 0 Å². The topological polar surface area (TPSA) is 57.3 Å². The monoisotopic (exact) mass is 272 g/mol. The molecule has 0 atom stereocenters. The van der Waals surface area contributed by atoms with Crippen molar-refractivity contribution in [3.8, 4) is 5.75 Å². The summed E-state index contributed by atoms with van der Waals surface area (Å²) in [5.41, 5.74) is 3.44. The first-order valence-corrected chi connectivity index (χ1v) is 6.63. The largest absolute Gasteiger partial charge is 0.497 e. The van der Waals surface area contributed by atoms with Crippen molar-refractivity contribution in [2.75, 3.05) is 7.11 Å². The highest BCUT2D eigenvalue weighted by Crippen LogP contribution is 2.35. The molecule has 3 rings (SSSR count). The maximum absolute atomic E-state index is 10.9. The van der Waals surface area contributed by atoms with Gasteiger partial charge in [0.2, 0.25) is 5.70 Å². The molecule has 104 valence electrons. The number of methoxy groups -OCH3 is 1. The number of nitrogens with zero attached hydrogens (tertiary/aromatic N) is 2.